The zero-order chi connectivity index (χ0) is 11.2. The van der Waals surface area contributed by atoms with E-state index in [1.807, 2.05) is 0 Å². The molecule has 2 heterocycles. The van der Waals surface area contributed by atoms with Crippen molar-refractivity contribution in [3.63, 3.8) is 0 Å². The fourth-order valence-electron chi connectivity index (χ4n) is 3.38. The lowest BCUT2D eigenvalue weighted by atomic mass is 9.81. The highest BCUT2D eigenvalue weighted by molar-refractivity contribution is 4.97. The quantitative estimate of drug-likeness (QED) is 0.767. The van der Waals surface area contributed by atoms with Crippen LogP contribution in [0.4, 0.5) is 0 Å². The van der Waals surface area contributed by atoms with Crippen LogP contribution in [0.2, 0.25) is 0 Å². The van der Waals surface area contributed by atoms with Crippen molar-refractivity contribution in [3.05, 3.63) is 0 Å². The number of β-amino-alcohol motifs (C(OH)–C–C–N with tert-alkyl or cyclic N) is 1. The van der Waals surface area contributed by atoms with Gasteiger partial charge in [-0.15, -0.1) is 0 Å². The van der Waals surface area contributed by atoms with E-state index in [2.05, 4.69) is 16.8 Å². The SMILES string of the molecule is CN1CC(C2CCCN(CC3(O)CC3)C2)C1. The molecule has 0 spiro atoms. The zero-order valence-electron chi connectivity index (χ0n) is 10.4. The smallest absolute Gasteiger partial charge is 0.0776 e. The molecule has 3 rings (SSSR count). The Morgan fingerprint density at radius 1 is 1.19 bits per heavy atom. The first-order chi connectivity index (χ1) is 7.65. The molecule has 1 unspecified atom stereocenters. The Bertz CT molecular complexity index is 259. The Balaban J connectivity index is 1.49. The monoisotopic (exact) mass is 224 g/mol. The summed E-state index contributed by atoms with van der Waals surface area (Å²) in [5.41, 5.74) is -0.293. The van der Waals surface area contributed by atoms with Crippen LogP contribution in [0, 0.1) is 11.8 Å². The summed E-state index contributed by atoms with van der Waals surface area (Å²) in [7, 11) is 2.21. The summed E-state index contributed by atoms with van der Waals surface area (Å²) >= 11 is 0. The third-order valence-electron chi connectivity index (χ3n) is 4.65. The van der Waals surface area contributed by atoms with Crippen LogP contribution in [-0.2, 0) is 0 Å². The number of hydrogen-bond acceptors (Lipinski definition) is 3. The molecular weight excluding hydrogens is 200 g/mol. The lowest BCUT2D eigenvalue weighted by Gasteiger charge is -2.45. The highest BCUT2D eigenvalue weighted by Gasteiger charge is 2.43. The molecule has 1 N–H and O–H groups in total. The van der Waals surface area contributed by atoms with Gasteiger partial charge in [0.05, 0.1) is 5.60 Å². The van der Waals surface area contributed by atoms with Gasteiger partial charge in [0.1, 0.15) is 0 Å². The van der Waals surface area contributed by atoms with Gasteiger partial charge in [0.2, 0.25) is 0 Å². The Hall–Kier alpha value is -0.120. The molecule has 92 valence electrons. The lowest BCUT2D eigenvalue weighted by Crippen LogP contribution is -2.52. The molecule has 1 aliphatic carbocycles. The van der Waals surface area contributed by atoms with Crippen molar-refractivity contribution in [1.82, 2.24) is 9.80 Å². The van der Waals surface area contributed by atoms with E-state index in [1.165, 1.54) is 39.0 Å². The van der Waals surface area contributed by atoms with Gasteiger partial charge in [0, 0.05) is 26.2 Å². The molecule has 3 aliphatic rings. The van der Waals surface area contributed by atoms with E-state index in [-0.39, 0.29) is 5.60 Å². The van der Waals surface area contributed by atoms with Crippen molar-refractivity contribution in [2.75, 3.05) is 39.8 Å². The highest BCUT2D eigenvalue weighted by Crippen LogP contribution is 2.37. The van der Waals surface area contributed by atoms with Crippen molar-refractivity contribution in [2.24, 2.45) is 11.8 Å². The molecule has 16 heavy (non-hydrogen) atoms. The topological polar surface area (TPSA) is 26.7 Å². The van der Waals surface area contributed by atoms with Crippen LogP contribution in [0.25, 0.3) is 0 Å². The van der Waals surface area contributed by atoms with Crippen LogP contribution < -0.4 is 0 Å². The van der Waals surface area contributed by atoms with Gasteiger partial charge in [-0.3, -0.25) is 0 Å². The van der Waals surface area contributed by atoms with Crippen LogP contribution >= 0.6 is 0 Å². The molecule has 1 atom stereocenters. The van der Waals surface area contributed by atoms with Crippen molar-refractivity contribution < 1.29 is 5.11 Å². The van der Waals surface area contributed by atoms with Gasteiger partial charge in [-0.1, -0.05) is 0 Å². The lowest BCUT2D eigenvalue weighted by molar-refractivity contribution is 0.0171. The van der Waals surface area contributed by atoms with Crippen LogP contribution in [0.3, 0.4) is 0 Å². The fourth-order valence-corrected chi connectivity index (χ4v) is 3.38. The summed E-state index contributed by atoms with van der Waals surface area (Å²) in [6.45, 7) is 5.97. The maximum atomic E-state index is 9.97. The van der Waals surface area contributed by atoms with Gasteiger partial charge in [0.25, 0.3) is 0 Å². The van der Waals surface area contributed by atoms with Crippen LogP contribution in [-0.4, -0.2) is 60.3 Å². The van der Waals surface area contributed by atoms with Gasteiger partial charge >= 0.3 is 0 Å². The second-order valence-corrected chi connectivity index (χ2v) is 6.34. The maximum Gasteiger partial charge on any atom is 0.0776 e. The molecule has 2 aliphatic heterocycles. The minimum atomic E-state index is -0.293. The normalized spacial score (nSPS) is 36.0. The van der Waals surface area contributed by atoms with Gasteiger partial charge in [-0.05, 0) is 51.1 Å². The zero-order valence-corrected chi connectivity index (χ0v) is 10.4. The second-order valence-electron chi connectivity index (χ2n) is 6.34. The van der Waals surface area contributed by atoms with Crippen molar-refractivity contribution in [2.45, 2.75) is 31.3 Å². The molecule has 3 nitrogen and oxygen atoms in total. The first kappa shape index (κ1) is 11.0. The Morgan fingerprint density at radius 3 is 2.56 bits per heavy atom. The van der Waals surface area contributed by atoms with Crippen LogP contribution in [0.15, 0.2) is 0 Å². The van der Waals surface area contributed by atoms with Crippen LogP contribution in [0.1, 0.15) is 25.7 Å². The van der Waals surface area contributed by atoms with Crippen molar-refractivity contribution in [3.8, 4) is 0 Å². The Labute approximate surface area is 98.4 Å². The van der Waals surface area contributed by atoms with E-state index in [0.29, 0.717) is 0 Å². The second kappa shape index (κ2) is 3.97. The van der Waals surface area contributed by atoms with Crippen LogP contribution in [0.5, 0.6) is 0 Å². The van der Waals surface area contributed by atoms with Gasteiger partial charge in [-0.2, -0.15) is 0 Å². The summed E-state index contributed by atoms with van der Waals surface area (Å²) in [6, 6.07) is 0. The molecule has 0 radical (unpaired) electrons. The third-order valence-corrected chi connectivity index (χ3v) is 4.65. The van der Waals surface area contributed by atoms with E-state index in [4.69, 9.17) is 0 Å². The standard InChI is InChI=1S/C13H24N2O/c1-14-7-12(8-14)11-3-2-6-15(9-11)10-13(16)4-5-13/h11-12,16H,2-10H2,1H3. The minimum Gasteiger partial charge on any atom is -0.389 e. The number of rotatable bonds is 3. The number of aliphatic hydroxyl groups is 1. The molecule has 0 aromatic rings. The summed E-state index contributed by atoms with van der Waals surface area (Å²) in [6.07, 6.45) is 4.80. The predicted molar refractivity (Wildman–Crippen MR) is 64.3 cm³/mol. The van der Waals surface area contributed by atoms with E-state index in [9.17, 15) is 5.11 Å². The van der Waals surface area contributed by atoms with Gasteiger partial charge in [0.15, 0.2) is 0 Å². The van der Waals surface area contributed by atoms with Crippen molar-refractivity contribution >= 4 is 0 Å². The summed E-state index contributed by atoms with van der Waals surface area (Å²) in [5.74, 6) is 1.83. The predicted octanol–water partition coefficient (Wildman–Crippen LogP) is 0.785. The summed E-state index contributed by atoms with van der Waals surface area (Å²) in [5, 5.41) is 9.97. The first-order valence-electron chi connectivity index (χ1n) is 6.78. The molecule has 0 amide bonds. The van der Waals surface area contributed by atoms with Crippen molar-refractivity contribution in [1.29, 1.82) is 0 Å². The van der Waals surface area contributed by atoms with Gasteiger partial charge < -0.3 is 14.9 Å². The van der Waals surface area contributed by atoms with E-state index >= 15 is 0 Å². The molecule has 3 fully saturated rings. The molecule has 0 aromatic heterocycles. The molecule has 3 heteroatoms. The van der Waals surface area contributed by atoms with E-state index in [0.717, 1.165) is 31.2 Å². The molecular formula is C13H24N2O. The number of piperidine rings is 1. The largest absolute Gasteiger partial charge is 0.389 e. The summed E-state index contributed by atoms with van der Waals surface area (Å²) < 4.78 is 0. The average molecular weight is 224 g/mol. The third kappa shape index (κ3) is 2.27. The van der Waals surface area contributed by atoms with E-state index in [1.54, 1.807) is 0 Å². The molecule has 0 aromatic carbocycles. The maximum absolute atomic E-state index is 9.97. The number of hydrogen-bond donors (Lipinski definition) is 1. The summed E-state index contributed by atoms with van der Waals surface area (Å²) in [4.78, 5) is 4.93. The number of likely N-dealkylation sites (tertiary alicyclic amines) is 2. The molecule has 0 bridgehead atoms. The van der Waals surface area contributed by atoms with E-state index < -0.39 is 0 Å². The number of nitrogens with zero attached hydrogens (tertiary/aromatic N) is 2. The fraction of sp³-hybridized carbons (Fsp3) is 1.00. The highest BCUT2D eigenvalue weighted by atomic mass is 16.3. The molecule has 2 saturated heterocycles. The minimum absolute atomic E-state index is 0.293. The average Bonchev–Trinajstić information content (AvgIpc) is 2.92. The first-order valence-corrected chi connectivity index (χ1v) is 6.78. The Morgan fingerprint density at radius 2 is 1.94 bits per heavy atom. The van der Waals surface area contributed by atoms with Gasteiger partial charge in [-0.25, -0.2) is 0 Å². The Kier molecular flexibility index (Phi) is 2.73. The molecule has 1 saturated carbocycles.